The molecule has 0 bridgehead atoms. The van der Waals surface area contributed by atoms with E-state index in [1.54, 1.807) is 0 Å². The van der Waals surface area contributed by atoms with Crippen molar-refractivity contribution in [3.05, 3.63) is 83.2 Å². The lowest BCUT2D eigenvalue weighted by atomic mass is 9.95. The van der Waals surface area contributed by atoms with E-state index in [0.29, 0.717) is 6.04 Å². The van der Waals surface area contributed by atoms with Crippen molar-refractivity contribution < 1.29 is 0 Å². The maximum Gasteiger partial charge on any atom is 0.0476 e. The van der Waals surface area contributed by atoms with Crippen LogP contribution in [0.1, 0.15) is 28.9 Å². The Hall–Kier alpha value is -2.94. The molecular formula is C24H27N3. The first-order chi connectivity index (χ1) is 13.0. The lowest BCUT2D eigenvalue weighted by molar-refractivity contribution is 0.647. The minimum absolute atomic E-state index is 0.404. The predicted octanol–water partition coefficient (Wildman–Crippen LogP) is 5.14. The molecule has 0 saturated carbocycles. The van der Waals surface area contributed by atoms with Crippen LogP contribution in [0.2, 0.25) is 0 Å². The third-order valence-electron chi connectivity index (χ3n) is 5.67. The second-order valence-electron chi connectivity index (χ2n) is 7.46. The molecule has 3 heteroatoms. The lowest BCUT2D eigenvalue weighted by Gasteiger charge is -2.34. The molecule has 0 saturated heterocycles. The molecular weight excluding hydrogens is 330 g/mol. The number of nitrogens with zero attached hydrogens (tertiary/aromatic N) is 2. The normalized spacial score (nSPS) is 16.7. The summed E-state index contributed by atoms with van der Waals surface area (Å²) in [5.74, 6) is 0. The minimum Gasteiger partial charge on any atom is -0.399 e. The molecule has 0 radical (unpaired) electrons. The number of nitrogens with two attached hydrogens (primary N) is 1. The van der Waals surface area contributed by atoms with E-state index in [-0.39, 0.29) is 0 Å². The molecule has 1 atom stereocenters. The Morgan fingerprint density at radius 2 is 1.81 bits per heavy atom. The van der Waals surface area contributed by atoms with Gasteiger partial charge in [-0.15, -0.1) is 0 Å². The van der Waals surface area contributed by atoms with E-state index < -0.39 is 0 Å². The van der Waals surface area contributed by atoms with Gasteiger partial charge in [0, 0.05) is 41.5 Å². The molecule has 1 aromatic heterocycles. The number of nitrogen functional groups attached to an aromatic ring is 1. The highest BCUT2D eigenvalue weighted by atomic mass is 15.1. The van der Waals surface area contributed by atoms with Crippen LogP contribution >= 0.6 is 0 Å². The summed E-state index contributed by atoms with van der Waals surface area (Å²) in [5, 5.41) is 0. The molecule has 2 N–H and O–H groups in total. The number of aryl methyl sites for hydroxylation is 2. The minimum atomic E-state index is 0.404. The second kappa shape index (κ2) is 6.99. The topological polar surface area (TPSA) is 34.2 Å². The van der Waals surface area contributed by atoms with E-state index in [1.165, 1.54) is 33.9 Å². The zero-order chi connectivity index (χ0) is 19.0. The van der Waals surface area contributed by atoms with Crippen LogP contribution in [0.4, 0.5) is 11.4 Å². The van der Waals surface area contributed by atoms with E-state index in [1.807, 2.05) is 6.07 Å². The molecule has 1 aliphatic heterocycles. The summed E-state index contributed by atoms with van der Waals surface area (Å²) in [6.07, 6.45) is 6.81. The summed E-state index contributed by atoms with van der Waals surface area (Å²) < 4.78 is 2.32. The molecule has 0 fully saturated rings. The van der Waals surface area contributed by atoms with Gasteiger partial charge < -0.3 is 15.2 Å². The first-order valence-electron chi connectivity index (χ1n) is 9.58. The Morgan fingerprint density at radius 3 is 2.59 bits per heavy atom. The number of likely N-dealkylation sites (N-methyl/N-ethyl adjacent to an activating group) is 1. The Bertz CT molecular complexity index is 982. The van der Waals surface area contributed by atoms with Crippen LogP contribution in [-0.4, -0.2) is 17.7 Å². The van der Waals surface area contributed by atoms with Crippen LogP contribution in [0.25, 0.3) is 11.8 Å². The number of rotatable bonds is 3. The van der Waals surface area contributed by atoms with Crippen LogP contribution in [-0.2, 0) is 6.42 Å². The second-order valence-corrected chi connectivity index (χ2v) is 7.46. The van der Waals surface area contributed by atoms with Crippen LogP contribution in [0.5, 0.6) is 0 Å². The van der Waals surface area contributed by atoms with Gasteiger partial charge in [0.2, 0.25) is 0 Å². The SMILES string of the molecule is Cc1cc(/C=C/C2CCc3cc(N)ccc3N2C)c(C)n1-c1ccccc1. The number of fused-ring (bicyclic) bond motifs is 1. The van der Waals surface area contributed by atoms with Crippen LogP contribution < -0.4 is 10.6 Å². The Labute approximate surface area is 161 Å². The molecule has 27 heavy (non-hydrogen) atoms. The van der Waals surface area contributed by atoms with Crippen molar-refractivity contribution in [2.45, 2.75) is 32.7 Å². The molecule has 0 spiro atoms. The fourth-order valence-corrected chi connectivity index (χ4v) is 4.20. The molecule has 2 aromatic carbocycles. The number of anilines is 2. The molecule has 3 aromatic rings. The lowest BCUT2D eigenvalue weighted by Crippen LogP contribution is -2.34. The Balaban J connectivity index is 1.60. The van der Waals surface area contributed by atoms with Crippen molar-refractivity contribution in [1.82, 2.24) is 4.57 Å². The smallest absolute Gasteiger partial charge is 0.0476 e. The molecule has 1 unspecified atom stereocenters. The Kier molecular flexibility index (Phi) is 4.53. The third kappa shape index (κ3) is 3.25. The van der Waals surface area contributed by atoms with Crippen LogP contribution in [0.15, 0.2) is 60.7 Å². The highest BCUT2D eigenvalue weighted by Crippen LogP contribution is 2.32. The van der Waals surface area contributed by atoms with E-state index in [2.05, 4.69) is 91.0 Å². The van der Waals surface area contributed by atoms with Crippen molar-refractivity contribution >= 4 is 17.5 Å². The van der Waals surface area contributed by atoms with Gasteiger partial charge >= 0.3 is 0 Å². The van der Waals surface area contributed by atoms with Crippen molar-refractivity contribution in [2.75, 3.05) is 17.7 Å². The summed E-state index contributed by atoms with van der Waals surface area (Å²) in [4.78, 5) is 2.37. The number of hydrogen-bond acceptors (Lipinski definition) is 2. The molecule has 0 aliphatic carbocycles. The van der Waals surface area contributed by atoms with Gasteiger partial charge in [0.15, 0.2) is 0 Å². The average molecular weight is 358 g/mol. The van der Waals surface area contributed by atoms with E-state index in [9.17, 15) is 0 Å². The van der Waals surface area contributed by atoms with E-state index in [0.717, 1.165) is 18.5 Å². The van der Waals surface area contributed by atoms with E-state index >= 15 is 0 Å². The first-order valence-corrected chi connectivity index (χ1v) is 9.58. The fraction of sp³-hybridized carbons (Fsp3) is 0.250. The third-order valence-corrected chi connectivity index (χ3v) is 5.67. The monoisotopic (exact) mass is 357 g/mol. The number of benzene rings is 2. The number of para-hydroxylation sites is 1. The summed E-state index contributed by atoms with van der Waals surface area (Å²) in [6.45, 7) is 4.37. The summed E-state index contributed by atoms with van der Waals surface area (Å²) >= 11 is 0. The Morgan fingerprint density at radius 1 is 1.04 bits per heavy atom. The van der Waals surface area contributed by atoms with Gasteiger partial charge in [-0.05, 0) is 74.2 Å². The maximum atomic E-state index is 5.94. The number of hydrogen-bond donors (Lipinski definition) is 1. The van der Waals surface area contributed by atoms with Gasteiger partial charge in [0.25, 0.3) is 0 Å². The molecule has 1 aliphatic rings. The molecule has 2 heterocycles. The van der Waals surface area contributed by atoms with E-state index in [4.69, 9.17) is 5.73 Å². The fourth-order valence-electron chi connectivity index (χ4n) is 4.20. The summed E-state index contributed by atoms with van der Waals surface area (Å²) in [5.41, 5.74) is 14.5. The zero-order valence-electron chi connectivity index (χ0n) is 16.3. The molecule has 138 valence electrons. The molecule has 4 rings (SSSR count). The van der Waals surface area contributed by atoms with Gasteiger partial charge in [0.05, 0.1) is 0 Å². The van der Waals surface area contributed by atoms with Gasteiger partial charge in [0.1, 0.15) is 0 Å². The van der Waals surface area contributed by atoms with Gasteiger partial charge in [-0.1, -0.05) is 30.4 Å². The van der Waals surface area contributed by atoms with Crippen molar-refractivity contribution in [3.63, 3.8) is 0 Å². The predicted molar refractivity (Wildman–Crippen MR) is 116 cm³/mol. The summed E-state index contributed by atoms with van der Waals surface area (Å²) in [7, 11) is 2.18. The average Bonchev–Trinajstić information content (AvgIpc) is 2.95. The van der Waals surface area contributed by atoms with Crippen LogP contribution in [0.3, 0.4) is 0 Å². The van der Waals surface area contributed by atoms with Crippen molar-refractivity contribution in [3.8, 4) is 5.69 Å². The molecule has 3 nitrogen and oxygen atoms in total. The largest absolute Gasteiger partial charge is 0.399 e. The van der Waals surface area contributed by atoms with Gasteiger partial charge in [-0.2, -0.15) is 0 Å². The number of aromatic nitrogens is 1. The van der Waals surface area contributed by atoms with Crippen molar-refractivity contribution in [1.29, 1.82) is 0 Å². The van der Waals surface area contributed by atoms with Gasteiger partial charge in [-0.25, -0.2) is 0 Å². The quantitative estimate of drug-likeness (QED) is 0.659. The standard InChI is InChI=1S/C24H27N3/c1-17-15-19(18(2)27(17)23-7-5-4-6-8-23)9-12-22-13-10-20-16-21(25)11-14-24(20)26(22)3/h4-9,11-12,14-16,22H,10,13,25H2,1-3H3/b12-9+. The summed E-state index contributed by atoms with van der Waals surface area (Å²) in [6, 6.07) is 19.5. The van der Waals surface area contributed by atoms with Gasteiger partial charge in [-0.3, -0.25) is 0 Å². The van der Waals surface area contributed by atoms with Crippen LogP contribution in [0, 0.1) is 13.8 Å². The molecule has 0 amide bonds. The highest BCUT2D eigenvalue weighted by molar-refractivity contribution is 5.64. The highest BCUT2D eigenvalue weighted by Gasteiger charge is 2.21. The first kappa shape index (κ1) is 17.5. The zero-order valence-corrected chi connectivity index (χ0v) is 16.3. The van der Waals surface area contributed by atoms with Crippen molar-refractivity contribution in [2.24, 2.45) is 0 Å². The maximum absolute atomic E-state index is 5.94.